The van der Waals surface area contributed by atoms with E-state index in [-0.39, 0.29) is 0 Å². The van der Waals surface area contributed by atoms with Gasteiger partial charge in [0.15, 0.2) is 0 Å². The first kappa shape index (κ1) is 8.32. The molecule has 0 atom stereocenters. The first-order chi connectivity index (χ1) is 5.59. The average molecular weight is 167 g/mol. The predicted octanol–water partition coefficient (Wildman–Crippen LogP) is 0.100. The molecule has 0 saturated carbocycles. The molecular weight excluding hydrogens is 158 g/mol. The van der Waals surface area contributed by atoms with Crippen LogP contribution in [0.5, 0.6) is 0 Å². The van der Waals surface area contributed by atoms with Crippen LogP contribution in [0, 0.1) is 0 Å². The van der Waals surface area contributed by atoms with Crippen LogP contribution in [-0.2, 0) is 11.8 Å². The number of nitrogens with two attached hydrogens (primary N) is 1. The smallest absolute Gasteiger partial charge is 0.328 e. The number of aliphatic carboxylic acids is 1. The number of hydrogen-bond donors (Lipinski definition) is 2. The van der Waals surface area contributed by atoms with E-state index in [2.05, 4.69) is 4.98 Å². The van der Waals surface area contributed by atoms with E-state index in [9.17, 15) is 4.79 Å². The van der Waals surface area contributed by atoms with E-state index >= 15 is 0 Å². The van der Waals surface area contributed by atoms with E-state index < -0.39 is 5.97 Å². The summed E-state index contributed by atoms with van der Waals surface area (Å²) in [6.07, 6.45) is 4.02. The van der Waals surface area contributed by atoms with Gasteiger partial charge in [-0.2, -0.15) is 0 Å². The van der Waals surface area contributed by atoms with Crippen LogP contribution in [-0.4, -0.2) is 20.6 Å². The minimum absolute atomic E-state index is 0.377. The molecule has 0 amide bonds. The van der Waals surface area contributed by atoms with Crippen molar-refractivity contribution in [2.45, 2.75) is 0 Å². The minimum atomic E-state index is -1.00. The molecule has 64 valence electrons. The van der Waals surface area contributed by atoms with Crippen LogP contribution in [0.15, 0.2) is 12.3 Å². The molecule has 0 fully saturated rings. The number of nitrogen functional groups attached to an aromatic ring is 1. The second kappa shape index (κ2) is 3.08. The fourth-order valence-corrected chi connectivity index (χ4v) is 0.805. The van der Waals surface area contributed by atoms with Gasteiger partial charge in [0.2, 0.25) is 0 Å². The van der Waals surface area contributed by atoms with Crippen molar-refractivity contribution < 1.29 is 9.90 Å². The summed E-state index contributed by atoms with van der Waals surface area (Å²) >= 11 is 0. The van der Waals surface area contributed by atoms with E-state index in [0.29, 0.717) is 11.6 Å². The zero-order valence-electron chi connectivity index (χ0n) is 6.56. The molecule has 0 aliphatic heterocycles. The number of hydrogen-bond acceptors (Lipinski definition) is 3. The van der Waals surface area contributed by atoms with E-state index in [0.717, 1.165) is 6.08 Å². The van der Waals surface area contributed by atoms with Gasteiger partial charge in [-0.1, -0.05) is 0 Å². The zero-order chi connectivity index (χ0) is 9.14. The van der Waals surface area contributed by atoms with Crippen molar-refractivity contribution in [3.63, 3.8) is 0 Å². The summed E-state index contributed by atoms with van der Waals surface area (Å²) in [5.74, 6) is -0.103. The van der Waals surface area contributed by atoms with Gasteiger partial charge in [0.05, 0.1) is 0 Å². The van der Waals surface area contributed by atoms with Gasteiger partial charge >= 0.3 is 5.97 Å². The molecule has 0 radical (unpaired) electrons. The Morgan fingerprint density at radius 2 is 2.50 bits per heavy atom. The quantitative estimate of drug-likeness (QED) is 0.612. The Kier molecular flexibility index (Phi) is 2.14. The van der Waals surface area contributed by atoms with Crippen molar-refractivity contribution in [2.24, 2.45) is 7.05 Å². The zero-order valence-corrected chi connectivity index (χ0v) is 6.56. The number of carboxylic acids is 1. The normalized spacial score (nSPS) is 10.8. The number of rotatable bonds is 2. The Morgan fingerprint density at radius 1 is 1.83 bits per heavy atom. The molecule has 0 aliphatic carbocycles. The van der Waals surface area contributed by atoms with Gasteiger partial charge in [-0.15, -0.1) is 0 Å². The first-order valence-corrected chi connectivity index (χ1v) is 3.29. The van der Waals surface area contributed by atoms with Crippen molar-refractivity contribution in [1.29, 1.82) is 0 Å². The predicted molar refractivity (Wildman–Crippen MR) is 44.3 cm³/mol. The van der Waals surface area contributed by atoms with E-state index in [1.165, 1.54) is 6.08 Å². The highest BCUT2D eigenvalue weighted by Gasteiger charge is 1.98. The summed E-state index contributed by atoms with van der Waals surface area (Å²) in [6, 6.07) is 0. The van der Waals surface area contributed by atoms with Crippen LogP contribution in [0.1, 0.15) is 5.82 Å². The Morgan fingerprint density at radius 3 is 2.92 bits per heavy atom. The van der Waals surface area contributed by atoms with Gasteiger partial charge in [-0.05, 0) is 6.08 Å². The maximum Gasteiger partial charge on any atom is 0.328 e. The number of aryl methyl sites for hydroxylation is 1. The Hall–Kier alpha value is -1.78. The Labute approximate surface area is 69.1 Å². The fourth-order valence-electron chi connectivity index (χ4n) is 0.805. The topological polar surface area (TPSA) is 81.1 Å². The van der Waals surface area contributed by atoms with Gasteiger partial charge in [0, 0.05) is 19.3 Å². The fraction of sp³-hybridized carbons (Fsp3) is 0.143. The summed E-state index contributed by atoms with van der Waals surface area (Å²) in [6.45, 7) is 0. The molecule has 0 saturated heterocycles. The lowest BCUT2D eigenvalue weighted by molar-refractivity contribution is -0.131. The number of anilines is 1. The standard InChI is InChI=1S/C7H9N3O2/c1-10-4-5(8)9-6(10)2-3-7(11)12/h2-4H,8H2,1H3,(H,11,12). The highest BCUT2D eigenvalue weighted by molar-refractivity contribution is 5.84. The lowest BCUT2D eigenvalue weighted by Gasteiger charge is -1.90. The molecule has 0 spiro atoms. The molecule has 0 aromatic carbocycles. The van der Waals surface area contributed by atoms with Crippen molar-refractivity contribution >= 4 is 17.9 Å². The van der Waals surface area contributed by atoms with Crippen LogP contribution in [0.3, 0.4) is 0 Å². The molecule has 1 aromatic rings. The van der Waals surface area contributed by atoms with Crippen molar-refractivity contribution in [2.75, 3.05) is 5.73 Å². The highest BCUT2D eigenvalue weighted by Crippen LogP contribution is 2.03. The maximum atomic E-state index is 10.1. The van der Waals surface area contributed by atoms with Crippen LogP contribution in [0.2, 0.25) is 0 Å². The lowest BCUT2D eigenvalue weighted by Crippen LogP contribution is -1.91. The van der Waals surface area contributed by atoms with Crippen molar-refractivity contribution in [3.8, 4) is 0 Å². The molecule has 1 heterocycles. The largest absolute Gasteiger partial charge is 0.478 e. The summed E-state index contributed by atoms with van der Waals surface area (Å²) in [4.78, 5) is 14.0. The van der Waals surface area contributed by atoms with Crippen LogP contribution >= 0.6 is 0 Å². The third-order valence-electron chi connectivity index (χ3n) is 1.31. The minimum Gasteiger partial charge on any atom is -0.478 e. The van der Waals surface area contributed by atoms with Crippen LogP contribution < -0.4 is 5.73 Å². The Balaban J connectivity index is 2.89. The molecule has 1 aromatic heterocycles. The summed E-state index contributed by atoms with van der Waals surface area (Å²) in [5.41, 5.74) is 5.37. The molecule has 3 N–H and O–H groups in total. The molecule has 0 bridgehead atoms. The summed E-state index contributed by atoms with van der Waals surface area (Å²) in [5, 5.41) is 8.32. The van der Waals surface area contributed by atoms with Gasteiger partial charge in [0.25, 0.3) is 0 Å². The van der Waals surface area contributed by atoms with E-state index in [4.69, 9.17) is 10.8 Å². The SMILES string of the molecule is Cn1cc(N)nc1C=CC(=O)O. The van der Waals surface area contributed by atoms with Gasteiger partial charge in [-0.3, -0.25) is 0 Å². The number of nitrogens with zero attached hydrogens (tertiary/aromatic N) is 2. The number of imidazole rings is 1. The number of carboxylic acid groups (broad SMARTS) is 1. The van der Waals surface area contributed by atoms with Gasteiger partial charge in [-0.25, -0.2) is 9.78 Å². The molecule has 5 heteroatoms. The van der Waals surface area contributed by atoms with E-state index in [1.807, 2.05) is 0 Å². The van der Waals surface area contributed by atoms with Crippen LogP contribution in [0.25, 0.3) is 6.08 Å². The summed E-state index contributed by atoms with van der Waals surface area (Å²) in [7, 11) is 1.74. The first-order valence-electron chi connectivity index (χ1n) is 3.29. The third kappa shape index (κ3) is 1.85. The Bertz CT molecular complexity index is 327. The highest BCUT2D eigenvalue weighted by atomic mass is 16.4. The number of aromatic nitrogens is 2. The second-order valence-corrected chi connectivity index (χ2v) is 2.31. The lowest BCUT2D eigenvalue weighted by atomic mass is 10.5. The molecule has 0 unspecified atom stereocenters. The molecular formula is C7H9N3O2. The number of carbonyl (C=O) groups is 1. The second-order valence-electron chi connectivity index (χ2n) is 2.31. The summed E-state index contributed by atoms with van der Waals surface area (Å²) < 4.78 is 1.65. The van der Waals surface area contributed by atoms with Crippen molar-refractivity contribution in [3.05, 3.63) is 18.1 Å². The molecule has 1 rings (SSSR count). The molecule has 5 nitrogen and oxygen atoms in total. The molecule has 0 aliphatic rings. The van der Waals surface area contributed by atoms with Gasteiger partial charge in [0.1, 0.15) is 11.6 Å². The monoisotopic (exact) mass is 167 g/mol. The maximum absolute atomic E-state index is 10.1. The molecule has 12 heavy (non-hydrogen) atoms. The van der Waals surface area contributed by atoms with Crippen LogP contribution in [0.4, 0.5) is 5.82 Å². The van der Waals surface area contributed by atoms with Gasteiger partial charge < -0.3 is 15.4 Å². The van der Waals surface area contributed by atoms with E-state index in [1.54, 1.807) is 17.8 Å². The van der Waals surface area contributed by atoms with Crippen molar-refractivity contribution in [1.82, 2.24) is 9.55 Å². The third-order valence-corrected chi connectivity index (χ3v) is 1.31. The average Bonchev–Trinajstić information content (AvgIpc) is 2.26.